The zero-order valence-corrected chi connectivity index (χ0v) is 28.2. The highest BCUT2D eigenvalue weighted by Gasteiger charge is 2.24. The van der Waals surface area contributed by atoms with Crippen molar-refractivity contribution in [3.63, 3.8) is 0 Å². The molecule has 0 aliphatic heterocycles. The van der Waals surface area contributed by atoms with Gasteiger partial charge in [-0.3, -0.25) is 24.5 Å². The van der Waals surface area contributed by atoms with Crippen molar-refractivity contribution < 1.29 is 19.3 Å². The van der Waals surface area contributed by atoms with Crippen LogP contribution in [-0.2, 0) is 9.59 Å². The van der Waals surface area contributed by atoms with Crippen LogP contribution in [-0.4, -0.2) is 27.6 Å². The average Bonchev–Trinajstić information content (AvgIpc) is 3.53. The summed E-state index contributed by atoms with van der Waals surface area (Å²) in [6.07, 6.45) is 1.27. The molecule has 0 saturated carbocycles. The second-order valence-electron chi connectivity index (χ2n) is 11.1. The lowest BCUT2D eigenvalue weighted by molar-refractivity contribution is -0.385. The van der Waals surface area contributed by atoms with Gasteiger partial charge in [0.1, 0.15) is 10.9 Å². The van der Waals surface area contributed by atoms with E-state index in [4.69, 9.17) is 0 Å². The van der Waals surface area contributed by atoms with Crippen LogP contribution >= 0.6 is 23.1 Å². The van der Waals surface area contributed by atoms with Crippen molar-refractivity contribution in [2.75, 3.05) is 10.6 Å². The second kappa shape index (κ2) is 15.4. The van der Waals surface area contributed by atoms with Gasteiger partial charge in [-0.1, -0.05) is 78.1 Å². The van der Waals surface area contributed by atoms with Gasteiger partial charge >= 0.3 is 0 Å². The SMILES string of the molecule is Cc1ccc2nc(NC(=O)C(Sc3ccc(NC(=O)/C(=C/c4ccccc4[N+](=O)[O-])NC(=O)c4ccccc4)cc3)c3ccccc3)sc2c1. The third-order valence-corrected chi connectivity index (χ3v) is 9.64. The van der Waals surface area contributed by atoms with E-state index in [1.54, 1.807) is 60.7 Å². The van der Waals surface area contributed by atoms with E-state index in [-0.39, 0.29) is 22.9 Å². The smallest absolute Gasteiger partial charge is 0.276 e. The normalized spacial score (nSPS) is 11.8. The highest BCUT2D eigenvalue weighted by molar-refractivity contribution is 8.00. The van der Waals surface area contributed by atoms with Crippen molar-refractivity contribution in [3.8, 4) is 0 Å². The van der Waals surface area contributed by atoms with Gasteiger partial charge < -0.3 is 16.0 Å². The number of aromatic nitrogens is 1. The number of fused-ring (bicyclic) bond motifs is 1. The molecule has 248 valence electrons. The lowest BCUT2D eigenvalue weighted by atomic mass is 10.1. The molecule has 0 saturated heterocycles. The summed E-state index contributed by atoms with van der Waals surface area (Å²) < 4.78 is 0.987. The Morgan fingerprint density at radius 1 is 0.840 bits per heavy atom. The fourth-order valence-electron chi connectivity index (χ4n) is 4.98. The number of hydrogen-bond donors (Lipinski definition) is 3. The van der Waals surface area contributed by atoms with E-state index in [1.165, 1.54) is 47.4 Å². The molecule has 6 rings (SSSR count). The Bertz CT molecular complexity index is 2220. The molecule has 5 aromatic carbocycles. The molecule has 1 unspecified atom stereocenters. The molecule has 0 fully saturated rings. The number of nitrogens with one attached hydrogen (secondary N) is 3. The van der Waals surface area contributed by atoms with Crippen LogP contribution in [0.5, 0.6) is 0 Å². The lowest BCUT2D eigenvalue weighted by Gasteiger charge is -2.16. The van der Waals surface area contributed by atoms with Gasteiger partial charge in [-0.2, -0.15) is 0 Å². The van der Waals surface area contributed by atoms with Crippen LogP contribution in [0.1, 0.15) is 32.3 Å². The van der Waals surface area contributed by atoms with E-state index in [2.05, 4.69) is 20.9 Å². The number of benzene rings is 5. The lowest BCUT2D eigenvalue weighted by Crippen LogP contribution is -2.30. The Morgan fingerprint density at radius 2 is 1.52 bits per heavy atom. The first-order chi connectivity index (χ1) is 24.2. The Balaban J connectivity index is 1.21. The Labute approximate surface area is 295 Å². The molecule has 1 aromatic heterocycles. The quantitative estimate of drug-likeness (QED) is 0.0533. The van der Waals surface area contributed by atoms with Gasteiger partial charge in [0.05, 0.1) is 20.7 Å². The van der Waals surface area contributed by atoms with E-state index < -0.39 is 22.0 Å². The number of thioether (sulfide) groups is 1. The molecule has 1 heterocycles. The number of carbonyl (C=O) groups is 3. The molecule has 6 aromatic rings. The fourth-order valence-corrected chi connectivity index (χ4v) is 6.97. The Kier molecular flexibility index (Phi) is 10.4. The van der Waals surface area contributed by atoms with Crippen LogP contribution in [0.15, 0.2) is 138 Å². The molecule has 0 spiro atoms. The summed E-state index contributed by atoms with van der Waals surface area (Å²) in [5.41, 5.74) is 3.20. The number of amides is 3. The molecule has 0 bridgehead atoms. The molecule has 3 amide bonds. The number of carbonyl (C=O) groups excluding carboxylic acids is 3. The summed E-state index contributed by atoms with van der Waals surface area (Å²) in [5.74, 6) is -1.46. The fraction of sp³-hybridized carbons (Fsp3) is 0.0526. The largest absolute Gasteiger partial charge is 0.321 e. The Hall–Kier alpha value is -6.11. The van der Waals surface area contributed by atoms with Crippen molar-refractivity contribution in [1.29, 1.82) is 0 Å². The number of rotatable bonds is 11. The highest BCUT2D eigenvalue weighted by atomic mass is 32.2. The van der Waals surface area contributed by atoms with Gasteiger partial charge in [0.2, 0.25) is 5.91 Å². The molecule has 12 heteroatoms. The molecule has 1 atom stereocenters. The number of nitro groups is 1. The van der Waals surface area contributed by atoms with E-state index in [1.807, 2.05) is 55.5 Å². The maximum absolute atomic E-state index is 13.7. The zero-order valence-electron chi connectivity index (χ0n) is 26.5. The van der Waals surface area contributed by atoms with Crippen molar-refractivity contribution in [1.82, 2.24) is 10.3 Å². The number of thiazole rings is 1. The number of nitrogens with zero attached hydrogens (tertiary/aromatic N) is 2. The minimum absolute atomic E-state index is 0.147. The Morgan fingerprint density at radius 3 is 2.24 bits per heavy atom. The van der Waals surface area contributed by atoms with Crippen LogP contribution in [0.3, 0.4) is 0 Å². The van der Waals surface area contributed by atoms with Gasteiger partial charge in [0.25, 0.3) is 17.5 Å². The first-order valence-electron chi connectivity index (χ1n) is 15.4. The third kappa shape index (κ3) is 8.29. The minimum Gasteiger partial charge on any atom is -0.321 e. The van der Waals surface area contributed by atoms with Crippen LogP contribution < -0.4 is 16.0 Å². The predicted octanol–water partition coefficient (Wildman–Crippen LogP) is 8.39. The van der Waals surface area contributed by atoms with Crippen molar-refractivity contribution in [3.05, 3.63) is 165 Å². The first-order valence-corrected chi connectivity index (χ1v) is 17.1. The maximum atomic E-state index is 13.7. The molecule has 3 N–H and O–H groups in total. The highest BCUT2D eigenvalue weighted by Crippen LogP contribution is 2.37. The van der Waals surface area contributed by atoms with Crippen molar-refractivity contribution >= 4 is 73.6 Å². The molecular formula is C38H29N5O5S2. The summed E-state index contributed by atoms with van der Waals surface area (Å²) in [4.78, 5) is 56.6. The zero-order chi connectivity index (χ0) is 35.0. The van der Waals surface area contributed by atoms with Crippen molar-refractivity contribution in [2.45, 2.75) is 17.1 Å². The van der Waals surface area contributed by atoms with Gasteiger partial charge in [-0.15, -0.1) is 11.8 Å². The molecule has 10 nitrogen and oxygen atoms in total. The summed E-state index contributed by atoms with van der Waals surface area (Å²) in [5, 5.41) is 19.9. The topological polar surface area (TPSA) is 143 Å². The van der Waals surface area contributed by atoms with Gasteiger partial charge in [-0.25, -0.2) is 4.98 Å². The number of nitro benzene ring substituents is 1. The summed E-state index contributed by atoms with van der Waals surface area (Å²) in [6, 6.07) is 36.5. The molecule has 0 aliphatic rings. The van der Waals surface area contributed by atoms with E-state index in [9.17, 15) is 24.5 Å². The number of hydrogen-bond acceptors (Lipinski definition) is 8. The van der Waals surface area contributed by atoms with Crippen LogP contribution in [0.25, 0.3) is 16.3 Å². The van der Waals surface area contributed by atoms with Crippen LogP contribution in [0, 0.1) is 17.0 Å². The molecule has 0 radical (unpaired) electrons. The monoisotopic (exact) mass is 699 g/mol. The van der Waals surface area contributed by atoms with Crippen molar-refractivity contribution in [2.24, 2.45) is 0 Å². The molecule has 0 aliphatic carbocycles. The first kappa shape index (κ1) is 33.8. The van der Waals surface area contributed by atoms with E-state index in [0.717, 1.165) is 26.2 Å². The number of para-hydroxylation sites is 1. The van der Waals surface area contributed by atoms with E-state index >= 15 is 0 Å². The third-order valence-electron chi connectivity index (χ3n) is 7.44. The summed E-state index contributed by atoms with van der Waals surface area (Å²) in [6.45, 7) is 2.01. The maximum Gasteiger partial charge on any atom is 0.276 e. The van der Waals surface area contributed by atoms with Crippen LogP contribution in [0.2, 0.25) is 0 Å². The number of anilines is 2. The van der Waals surface area contributed by atoms with Gasteiger partial charge in [0, 0.05) is 22.2 Å². The second-order valence-corrected chi connectivity index (χ2v) is 13.3. The minimum atomic E-state index is -0.680. The molecular weight excluding hydrogens is 671 g/mol. The summed E-state index contributed by atoms with van der Waals surface area (Å²) in [7, 11) is 0. The van der Waals surface area contributed by atoms with Crippen LogP contribution in [0.4, 0.5) is 16.5 Å². The molecule has 50 heavy (non-hydrogen) atoms. The predicted molar refractivity (Wildman–Crippen MR) is 198 cm³/mol. The standard InChI is InChI=1S/C38H29N5O5S2/c1-24-16-21-30-33(22-24)50-38(41-30)42-37(46)34(25-10-4-2-5-11-25)49-29-19-17-28(18-20-29)39-36(45)31(40-35(44)26-12-6-3-7-13-26)23-27-14-8-9-15-32(27)43(47)48/h2-23,34H,1H3,(H,39,45)(H,40,44)(H,41,42,46)/b31-23-. The van der Waals surface area contributed by atoms with Gasteiger partial charge in [-0.05, 0) is 78.7 Å². The summed E-state index contributed by atoms with van der Waals surface area (Å²) >= 11 is 2.76. The van der Waals surface area contributed by atoms with Gasteiger partial charge in [0.15, 0.2) is 5.13 Å². The van der Waals surface area contributed by atoms with E-state index in [0.29, 0.717) is 16.4 Å². The number of aryl methyl sites for hydroxylation is 1. The average molecular weight is 700 g/mol.